The third-order valence-corrected chi connectivity index (χ3v) is 17.8. The maximum atomic E-state index is 13.5. The summed E-state index contributed by atoms with van der Waals surface area (Å²) < 4.78 is 17.7. The monoisotopic (exact) mass is 1280 g/mol. The second kappa shape index (κ2) is 66.8. The van der Waals surface area contributed by atoms with Crippen LogP contribution in [0.5, 0.6) is 0 Å². The van der Waals surface area contributed by atoms with Crippen LogP contribution in [0.3, 0.4) is 0 Å². The number of allylic oxidation sites excluding steroid dienone is 13. The third-order valence-electron chi connectivity index (χ3n) is 17.8. The number of aliphatic hydroxyl groups excluding tert-OH is 5. The van der Waals surface area contributed by atoms with Crippen LogP contribution in [-0.2, 0) is 23.8 Å². The van der Waals surface area contributed by atoms with E-state index in [9.17, 15) is 35.1 Å². The summed E-state index contributed by atoms with van der Waals surface area (Å²) in [7, 11) is 0. The van der Waals surface area contributed by atoms with Gasteiger partial charge < -0.3 is 45.1 Å². The average molecular weight is 1280 g/mol. The lowest BCUT2D eigenvalue weighted by molar-refractivity contribution is -0.305. The second-order valence-electron chi connectivity index (χ2n) is 26.4. The third kappa shape index (κ3) is 53.7. The van der Waals surface area contributed by atoms with Crippen LogP contribution < -0.4 is 5.32 Å². The Kier molecular flexibility index (Phi) is 63.1. The Morgan fingerprint density at radius 2 is 0.791 bits per heavy atom. The molecule has 0 aromatic carbocycles. The molecule has 0 saturated carbocycles. The predicted molar refractivity (Wildman–Crippen MR) is 384 cm³/mol. The van der Waals surface area contributed by atoms with Gasteiger partial charge in [0.15, 0.2) is 12.4 Å². The summed E-state index contributed by atoms with van der Waals surface area (Å²) in [6.45, 7) is 5.71. The molecule has 0 aromatic rings. The number of unbranched alkanes of at least 4 members (excludes halogenated alkanes) is 40. The molecule has 1 aliphatic rings. The number of carbonyl (C=O) groups excluding carboxylic acids is 2. The smallest absolute Gasteiger partial charge is 0.306 e. The van der Waals surface area contributed by atoms with Crippen LogP contribution in [0.25, 0.3) is 0 Å². The van der Waals surface area contributed by atoms with Gasteiger partial charge in [0.1, 0.15) is 24.4 Å². The van der Waals surface area contributed by atoms with Crippen molar-refractivity contribution in [3.63, 3.8) is 0 Å². The number of amides is 1. The maximum absolute atomic E-state index is 13.5. The maximum Gasteiger partial charge on any atom is 0.306 e. The summed E-state index contributed by atoms with van der Waals surface area (Å²) in [5, 5.41) is 57.3. The molecule has 0 bridgehead atoms. The Bertz CT molecular complexity index is 1810. The number of carbonyl (C=O) groups is 2. The molecule has 1 heterocycles. The van der Waals surface area contributed by atoms with Crippen molar-refractivity contribution in [2.45, 2.75) is 397 Å². The molecule has 528 valence electrons. The quantitative estimate of drug-likeness (QED) is 0.0195. The zero-order chi connectivity index (χ0) is 66.0. The van der Waals surface area contributed by atoms with Crippen LogP contribution in [0.2, 0.25) is 0 Å². The number of ether oxygens (including phenoxy) is 3. The minimum atomic E-state index is -1.62. The van der Waals surface area contributed by atoms with Crippen LogP contribution >= 0.6 is 0 Å². The number of rotatable bonds is 66. The average Bonchev–Trinajstić information content (AvgIpc) is 0.943. The van der Waals surface area contributed by atoms with E-state index in [0.29, 0.717) is 12.8 Å². The van der Waals surface area contributed by atoms with Gasteiger partial charge in [-0.3, -0.25) is 9.59 Å². The summed E-state index contributed by atoms with van der Waals surface area (Å²) in [4.78, 5) is 26.7. The molecule has 8 unspecified atom stereocenters. The normalized spacial score (nSPS) is 18.4. The van der Waals surface area contributed by atoms with Gasteiger partial charge in [0.05, 0.1) is 25.4 Å². The highest BCUT2D eigenvalue weighted by Crippen LogP contribution is 2.26. The fourth-order valence-corrected chi connectivity index (χ4v) is 11.8. The van der Waals surface area contributed by atoms with Crippen molar-refractivity contribution in [3.05, 3.63) is 85.1 Å². The van der Waals surface area contributed by atoms with E-state index in [0.717, 1.165) is 96.3 Å². The van der Waals surface area contributed by atoms with Crippen LogP contribution in [0.4, 0.5) is 0 Å². The topological polar surface area (TPSA) is 175 Å². The Morgan fingerprint density at radius 3 is 1.20 bits per heavy atom. The van der Waals surface area contributed by atoms with E-state index in [1.165, 1.54) is 205 Å². The second-order valence-corrected chi connectivity index (χ2v) is 26.4. The van der Waals surface area contributed by atoms with Crippen molar-refractivity contribution < 1.29 is 49.3 Å². The first-order chi connectivity index (χ1) is 44.7. The van der Waals surface area contributed by atoms with Gasteiger partial charge in [-0.2, -0.15) is 0 Å². The molecule has 91 heavy (non-hydrogen) atoms. The Labute approximate surface area is 559 Å². The zero-order valence-corrected chi connectivity index (χ0v) is 59.0. The van der Waals surface area contributed by atoms with Crippen LogP contribution in [-0.4, -0.2) is 99.6 Å². The minimum absolute atomic E-state index is 0.123. The highest BCUT2D eigenvalue weighted by Gasteiger charge is 2.47. The van der Waals surface area contributed by atoms with Crippen LogP contribution in [0, 0.1) is 0 Å². The Balaban J connectivity index is 2.50. The van der Waals surface area contributed by atoms with Gasteiger partial charge in [0.25, 0.3) is 0 Å². The Morgan fingerprint density at radius 1 is 0.440 bits per heavy atom. The van der Waals surface area contributed by atoms with Gasteiger partial charge in [0, 0.05) is 6.42 Å². The number of hydrogen-bond acceptors (Lipinski definition) is 10. The van der Waals surface area contributed by atoms with Gasteiger partial charge in [-0.1, -0.05) is 331 Å². The molecular formula is C80H143NO10. The molecule has 8 atom stereocenters. The number of nitrogens with one attached hydrogen (secondary N) is 1. The van der Waals surface area contributed by atoms with Gasteiger partial charge in [-0.05, 0) is 96.3 Å². The first-order valence-corrected chi connectivity index (χ1v) is 38.4. The summed E-state index contributed by atoms with van der Waals surface area (Å²) in [5.41, 5.74) is 0. The summed E-state index contributed by atoms with van der Waals surface area (Å²) in [6, 6.07) is -1.03. The van der Waals surface area contributed by atoms with Gasteiger partial charge in [0.2, 0.25) is 5.91 Å². The number of esters is 1. The largest absolute Gasteiger partial charge is 0.454 e. The fourth-order valence-electron chi connectivity index (χ4n) is 11.8. The van der Waals surface area contributed by atoms with E-state index < -0.39 is 67.4 Å². The summed E-state index contributed by atoms with van der Waals surface area (Å²) >= 11 is 0. The number of aliphatic hydroxyl groups is 5. The van der Waals surface area contributed by atoms with Gasteiger partial charge in [-0.25, -0.2) is 0 Å². The van der Waals surface area contributed by atoms with Crippen molar-refractivity contribution in [1.29, 1.82) is 0 Å². The molecule has 11 nitrogen and oxygen atoms in total. The standard InChI is InChI=1S/C80H143NO10/c1-4-7-10-13-16-19-22-24-26-28-30-32-34-36-37-38-40-42-44-46-48-50-53-56-59-62-65-68-75(85)91-78-77(87)76(86)74(69-82)90-80(78)89-70-71(72(83)66-63-60-57-54-51-21-18-15-12-9-6-3)81-79(88)73(84)67-64-61-58-55-52-49-47-45-43-41-39-35-33-31-29-27-25-23-20-17-14-11-8-5-2/h8,11,17,20,24-27,31,33,39,41,63,66,71-74,76-78,80,82-84,86-87H,4-7,9-10,12-16,18-19,21-23,28-30,32,34-38,40,42-62,64-65,67-70H2,1-3H3,(H,81,88)/b11-8-,20-17-,26-24+,27-25-,33-31-,41-39-,66-63+. The molecule has 1 rings (SSSR count). The molecule has 0 aliphatic carbocycles. The van der Waals surface area contributed by atoms with Crippen LogP contribution in [0.1, 0.15) is 348 Å². The highest BCUT2D eigenvalue weighted by molar-refractivity contribution is 5.80. The van der Waals surface area contributed by atoms with E-state index in [2.05, 4.69) is 99.0 Å². The van der Waals surface area contributed by atoms with Crippen molar-refractivity contribution >= 4 is 11.9 Å². The fraction of sp³-hybridized carbons (Fsp3) is 0.800. The van der Waals surface area contributed by atoms with E-state index in [-0.39, 0.29) is 19.4 Å². The first-order valence-electron chi connectivity index (χ1n) is 38.4. The van der Waals surface area contributed by atoms with E-state index in [1.807, 2.05) is 6.08 Å². The molecule has 11 heteroatoms. The predicted octanol–water partition coefficient (Wildman–Crippen LogP) is 20.4. The number of hydrogen-bond donors (Lipinski definition) is 6. The first kappa shape index (κ1) is 85.9. The van der Waals surface area contributed by atoms with Crippen LogP contribution in [0.15, 0.2) is 85.1 Å². The highest BCUT2D eigenvalue weighted by atomic mass is 16.7. The van der Waals surface area contributed by atoms with Gasteiger partial charge in [-0.15, -0.1) is 0 Å². The molecule has 6 N–H and O–H groups in total. The van der Waals surface area contributed by atoms with Gasteiger partial charge >= 0.3 is 5.97 Å². The molecule has 0 spiro atoms. The molecule has 1 amide bonds. The van der Waals surface area contributed by atoms with Crippen molar-refractivity contribution in [2.24, 2.45) is 0 Å². The summed E-state index contributed by atoms with van der Waals surface area (Å²) in [5.74, 6) is -1.19. The zero-order valence-electron chi connectivity index (χ0n) is 59.0. The Hall–Kier alpha value is -3.16. The van der Waals surface area contributed by atoms with Crippen molar-refractivity contribution in [1.82, 2.24) is 5.32 Å². The molecular weight excluding hydrogens is 1130 g/mol. The van der Waals surface area contributed by atoms with E-state index >= 15 is 0 Å². The minimum Gasteiger partial charge on any atom is -0.454 e. The van der Waals surface area contributed by atoms with Crippen molar-refractivity contribution in [3.8, 4) is 0 Å². The molecule has 1 fully saturated rings. The molecule has 1 saturated heterocycles. The lowest BCUT2D eigenvalue weighted by Gasteiger charge is -2.41. The van der Waals surface area contributed by atoms with E-state index in [4.69, 9.17) is 14.2 Å². The van der Waals surface area contributed by atoms with E-state index in [1.54, 1.807) is 6.08 Å². The molecule has 0 radical (unpaired) electrons. The lowest BCUT2D eigenvalue weighted by atomic mass is 9.99. The molecule has 0 aromatic heterocycles. The SMILES string of the molecule is CC/C=C\C/C=C\C/C=C\C/C=C\C/C=C\CCCCCCCCCCC(O)C(=O)NC(COC1OC(CO)C(O)C(O)C1OC(=O)CCCCCCCCCCCCCCCCCCC/C=C/CCCCCCCC)C(O)/C=C/CCCCCCCCCCC. The van der Waals surface area contributed by atoms with Crippen molar-refractivity contribution in [2.75, 3.05) is 13.2 Å². The molecule has 1 aliphatic heterocycles. The summed E-state index contributed by atoms with van der Waals surface area (Å²) in [6.07, 6.45) is 79.2. The lowest BCUT2D eigenvalue weighted by Crippen LogP contribution is -2.61.